The molecule has 0 aliphatic heterocycles. The molecule has 0 amide bonds. The fourth-order valence-electron chi connectivity index (χ4n) is 3.75. The van der Waals surface area contributed by atoms with Gasteiger partial charge >= 0.3 is 11.9 Å². The topological polar surface area (TPSA) is 158 Å². The van der Waals surface area contributed by atoms with Crippen molar-refractivity contribution in [1.82, 2.24) is 0 Å². The van der Waals surface area contributed by atoms with Gasteiger partial charge in [0.15, 0.2) is 0 Å². The van der Waals surface area contributed by atoms with Crippen molar-refractivity contribution in [1.29, 1.82) is 0 Å². The van der Waals surface area contributed by atoms with Crippen LogP contribution in [-0.4, -0.2) is 46.6 Å². The van der Waals surface area contributed by atoms with Crippen LogP contribution in [0.1, 0.15) is 20.7 Å². The van der Waals surface area contributed by atoms with E-state index in [9.17, 15) is 30.0 Å². The Bertz CT molecular complexity index is 1420. The molecule has 4 rings (SSSR count). The number of carbonyl (C=O) groups is 2. The lowest BCUT2D eigenvalue weighted by Gasteiger charge is -2.14. The van der Waals surface area contributed by atoms with Crippen molar-refractivity contribution in [2.75, 3.05) is 24.9 Å². The molecule has 0 aliphatic carbocycles. The van der Waals surface area contributed by atoms with Crippen molar-refractivity contribution in [3.05, 3.63) is 83.9 Å². The van der Waals surface area contributed by atoms with E-state index in [4.69, 9.17) is 9.47 Å². The second kappa shape index (κ2) is 10.7. The molecule has 10 heteroatoms. The lowest BCUT2D eigenvalue weighted by Crippen LogP contribution is -2.02. The molecule has 0 unspecified atom stereocenters. The van der Waals surface area contributed by atoms with Crippen LogP contribution in [0, 0.1) is 0 Å². The minimum Gasteiger partial charge on any atom is -0.507 e. The SMILES string of the molecule is COC(=O)c1ccc(O)c(Nc2ccc(-c3ccc(Nc4cc(C(=O)OC)ccc4O)cc3O)c(O)c2)c1. The van der Waals surface area contributed by atoms with Crippen molar-refractivity contribution >= 4 is 34.7 Å². The van der Waals surface area contributed by atoms with Crippen LogP contribution in [0.2, 0.25) is 0 Å². The summed E-state index contributed by atoms with van der Waals surface area (Å²) in [5, 5.41) is 47.5. The van der Waals surface area contributed by atoms with E-state index in [1.54, 1.807) is 24.3 Å². The molecule has 0 atom stereocenters. The molecule has 0 saturated carbocycles. The first kappa shape index (κ1) is 25.7. The highest BCUT2D eigenvalue weighted by molar-refractivity contribution is 5.92. The molecular formula is C28H24N2O8. The summed E-state index contributed by atoms with van der Waals surface area (Å²) >= 11 is 0. The summed E-state index contributed by atoms with van der Waals surface area (Å²) in [6, 6.07) is 17.6. The number of rotatable bonds is 7. The Morgan fingerprint density at radius 2 is 0.947 bits per heavy atom. The Hall–Kier alpha value is -5.38. The summed E-state index contributed by atoms with van der Waals surface area (Å²) in [5.41, 5.74) is 2.45. The molecule has 0 spiro atoms. The number of esters is 2. The standard InChI is InChI=1S/C28H24N2O8/c1-37-27(35)15-3-9-23(31)21(11-15)29-17-5-7-19(25(33)13-17)20-8-6-18(14-26(20)34)30-22-12-16(28(36)38-2)4-10-24(22)32/h3-14,29-34H,1-2H3. The minimum absolute atomic E-state index is 0.106. The van der Waals surface area contributed by atoms with Crippen LogP contribution in [0.5, 0.6) is 23.0 Å². The van der Waals surface area contributed by atoms with Crippen molar-refractivity contribution in [2.45, 2.75) is 0 Å². The van der Waals surface area contributed by atoms with Gasteiger partial charge in [-0.2, -0.15) is 0 Å². The molecule has 6 N–H and O–H groups in total. The summed E-state index contributed by atoms with van der Waals surface area (Å²) in [5.74, 6) is -1.65. The van der Waals surface area contributed by atoms with Crippen LogP contribution in [0.3, 0.4) is 0 Å². The number of anilines is 4. The third kappa shape index (κ3) is 5.39. The van der Waals surface area contributed by atoms with Crippen LogP contribution in [-0.2, 0) is 9.47 Å². The Morgan fingerprint density at radius 1 is 0.553 bits per heavy atom. The molecule has 4 aromatic rings. The minimum atomic E-state index is -0.564. The molecule has 0 aromatic heterocycles. The number of methoxy groups -OCH3 is 2. The first-order valence-electron chi connectivity index (χ1n) is 11.2. The Labute approximate surface area is 217 Å². The van der Waals surface area contributed by atoms with Gasteiger partial charge in [-0.3, -0.25) is 0 Å². The lowest BCUT2D eigenvalue weighted by molar-refractivity contribution is 0.0592. The van der Waals surface area contributed by atoms with Gasteiger partial charge in [-0.1, -0.05) is 0 Å². The van der Waals surface area contributed by atoms with E-state index in [1.165, 1.54) is 62.8 Å². The van der Waals surface area contributed by atoms with Crippen molar-refractivity contribution < 1.29 is 39.5 Å². The van der Waals surface area contributed by atoms with Gasteiger partial charge in [0.05, 0.1) is 36.7 Å². The normalized spacial score (nSPS) is 10.5. The summed E-state index contributed by atoms with van der Waals surface area (Å²) in [6.07, 6.45) is 0. The number of nitrogens with one attached hydrogen (secondary N) is 2. The number of phenolic OH excluding ortho intramolecular Hbond substituents is 4. The van der Waals surface area contributed by atoms with Crippen molar-refractivity contribution in [2.24, 2.45) is 0 Å². The highest BCUT2D eigenvalue weighted by Gasteiger charge is 2.15. The second-order valence-corrected chi connectivity index (χ2v) is 8.16. The number of hydrogen-bond donors (Lipinski definition) is 6. The number of carbonyl (C=O) groups excluding carboxylic acids is 2. The predicted molar refractivity (Wildman–Crippen MR) is 141 cm³/mol. The molecule has 38 heavy (non-hydrogen) atoms. The molecule has 0 aliphatic rings. The molecule has 0 bridgehead atoms. The lowest BCUT2D eigenvalue weighted by atomic mass is 10.0. The van der Waals surface area contributed by atoms with Crippen LogP contribution >= 0.6 is 0 Å². The molecule has 0 saturated heterocycles. The summed E-state index contributed by atoms with van der Waals surface area (Å²) in [4.78, 5) is 23.6. The van der Waals surface area contributed by atoms with E-state index in [1.807, 2.05) is 0 Å². The maximum absolute atomic E-state index is 11.8. The summed E-state index contributed by atoms with van der Waals surface area (Å²) in [6.45, 7) is 0. The van der Waals surface area contributed by atoms with E-state index in [2.05, 4.69) is 10.6 Å². The summed E-state index contributed by atoms with van der Waals surface area (Å²) < 4.78 is 9.39. The predicted octanol–water partition coefficient (Wildman–Crippen LogP) is 5.24. The highest BCUT2D eigenvalue weighted by atomic mass is 16.5. The zero-order valence-corrected chi connectivity index (χ0v) is 20.4. The van der Waals surface area contributed by atoms with E-state index in [-0.39, 0.29) is 45.5 Å². The Morgan fingerprint density at radius 3 is 1.29 bits per heavy atom. The second-order valence-electron chi connectivity index (χ2n) is 8.16. The quantitative estimate of drug-likeness (QED) is 0.142. The number of hydrogen-bond acceptors (Lipinski definition) is 10. The van der Waals surface area contributed by atoms with Crippen LogP contribution in [0.4, 0.5) is 22.7 Å². The van der Waals surface area contributed by atoms with Crippen molar-refractivity contribution in [3.63, 3.8) is 0 Å². The molecular weight excluding hydrogens is 492 g/mol. The average Bonchev–Trinajstić information content (AvgIpc) is 2.91. The molecule has 0 radical (unpaired) electrons. The monoisotopic (exact) mass is 516 g/mol. The Balaban J connectivity index is 1.56. The number of ether oxygens (including phenoxy) is 2. The van der Waals surface area contributed by atoms with E-state index >= 15 is 0 Å². The van der Waals surface area contributed by atoms with Crippen LogP contribution < -0.4 is 10.6 Å². The van der Waals surface area contributed by atoms with E-state index in [0.717, 1.165) is 0 Å². The van der Waals surface area contributed by atoms with Gasteiger partial charge in [0.25, 0.3) is 0 Å². The maximum Gasteiger partial charge on any atom is 0.337 e. The number of phenols is 4. The molecule has 0 fully saturated rings. The molecule has 10 nitrogen and oxygen atoms in total. The highest BCUT2D eigenvalue weighted by Crippen LogP contribution is 2.40. The molecule has 194 valence electrons. The fourth-order valence-corrected chi connectivity index (χ4v) is 3.75. The number of benzene rings is 4. The van der Waals surface area contributed by atoms with Crippen molar-refractivity contribution in [3.8, 4) is 34.1 Å². The van der Waals surface area contributed by atoms with Gasteiger partial charge in [-0.05, 0) is 60.7 Å². The van der Waals surface area contributed by atoms with Gasteiger partial charge in [0.1, 0.15) is 23.0 Å². The Kier molecular flexibility index (Phi) is 7.24. The number of aromatic hydroxyl groups is 4. The van der Waals surface area contributed by atoms with Crippen LogP contribution in [0.25, 0.3) is 11.1 Å². The van der Waals surface area contributed by atoms with E-state index in [0.29, 0.717) is 22.5 Å². The fraction of sp³-hybridized carbons (Fsp3) is 0.0714. The summed E-state index contributed by atoms with van der Waals surface area (Å²) in [7, 11) is 2.51. The smallest absolute Gasteiger partial charge is 0.337 e. The molecule has 4 aromatic carbocycles. The zero-order valence-electron chi connectivity index (χ0n) is 20.4. The third-order valence-electron chi connectivity index (χ3n) is 5.68. The van der Waals surface area contributed by atoms with Crippen LogP contribution in [0.15, 0.2) is 72.8 Å². The third-order valence-corrected chi connectivity index (χ3v) is 5.68. The van der Waals surface area contributed by atoms with E-state index < -0.39 is 11.9 Å². The van der Waals surface area contributed by atoms with Gasteiger partial charge in [-0.15, -0.1) is 0 Å². The van der Waals surface area contributed by atoms with Gasteiger partial charge in [-0.25, -0.2) is 9.59 Å². The first-order valence-corrected chi connectivity index (χ1v) is 11.2. The van der Waals surface area contributed by atoms with Gasteiger partial charge in [0, 0.05) is 34.6 Å². The zero-order chi connectivity index (χ0) is 27.4. The van der Waals surface area contributed by atoms with Gasteiger partial charge in [0.2, 0.25) is 0 Å². The average molecular weight is 517 g/mol. The van der Waals surface area contributed by atoms with Gasteiger partial charge < -0.3 is 40.5 Å². The largest absolute Gasteiger partial charge is 0.507 e. The maximum atomic E-state index is 11.8. The first-order chi connectivity index (χ1) is 18.2. The molecule has 0 heterocycles.